The minimum Gasteiger partial charge on any atom is -0.382 e. The quantitative estimate of drug-likeness (QED) is 0.528. The molecule has 0 aliphatic rings. The molecule has 0 heterocycles. The molecular formula is C12H26O3. The van der Waals surface area contributed by atoms with Gasteiger partial charge in [0, 0.05) is 14.2 Å². The number of rotatable bonds is 10. The second-order valence-electron chi connectivity index (χ2n) is 3.75. The van der Waals surface area contributed by atoms with Crippen molar-refractivity contribution in [3.63, 3.8) is 0 Å². The van der Waals surface area contributed by atoms with Crippen LogP contribution in [0, 0.1) is 0 Å². The minimum absolute atomic E-state index is 0.218. The Morgan fingerprint density at radius 1 is 0.867 bits per heavy atom. The zero-order valence-corrected chi connectivity index (χ0v) is 10.6. The van der Waals surface area contributed by atoms with E-state index in [0.717, 1.165) is 25.7 Å². The molecule has 0 amide bonds. The summed E-state index contributed by atoms with van der Waals surface area (Å²) in [4.78, 5) is 0. The van der Waals surface area contributed by atoms with Crippen LogP contribution in [0.5, 0.6) is 0 Å². The Kier molecular flexibility index (Phi) is 10.3. The molecule has 0 rings (SSSR count). The largest absolute Gasteiger partial charge is 0.382 e. The van der Waals surface area contributed by atoms with Crippen LogP contribution in [0.25, 0.3) is 0 Å². The predicted octanol–water partition coefficient (Wildman–Crippen LogP) is 2.63. The van der Waals surface area contributed by atoms with Crippen LogP contribution < -0.4 is 0 Å². The summed E-state index contributed by atoms with van der Waals surface area (Å²) in [5.41, 5.74) is 0. The molecule has 0 radical (unpaired) electrons. The van der Waals surface area contributed by atoms with E-state index in [4.69, 9.17) is 14.2 Å². The van der Waals surface area contributed by atoms with Crippen molar-refractivity contribution < 1.29 is 14.2 Å². The van der Waals surface area contributed by atoms with Crippen molar-refractivity contribution in [3.05, 3.63) is 0 Å². The molecule has 0 aromatic rings. The van der Waals surface area contributed by atoms with Crippen LogP contribution in [0.15, 0.2) is 0 Å². The maximum Gasteiger partial charge on any atom is 0.0837 e. The van der Waals surface area contributed by atoms with Crippen molar-refractivity contribution in [1.82, 2.24) is 0 Å². The second-order valence-corrected chi connectivity index (χ2v) is 3.75. The van der Waals surface area contributed by atoms with Crippen LogP contribution in [0.4, 0.5) is 0 Å². The third kappa shape index (κ3) is 6.88. The van der Waals surface area contributed by atoms with Crippen LogP contribution in [0.3, 0.4) is 0 Å². The van der Waals surface area contributed by atoms with Crippen molar-refractivity contribution in [2.24, 2.45) is 0 Å². The molecule has 0 bridgehead atoms. The molecule has 0 aliphatic carbocycles. The van der Waals surface area contributed by atoms with Gasteiger partial charge < -0.3 is 14.2 Å². The highest BCUT2D eigenvalue weighted by molar-refractivity contribution is 4.70. The number of hydrogen-bond acceptors (Lipinski definition) is 3. The van der Waals surface area contributed by atoms with E-state index < -0.39 is 0 Å². The third-order valence-corrected chi connectivity index (χ3v) is 2.48. The Morgan fingerprint density at radius 3 is 1.93 bits per heavy atom. The van der Waals surface area contributed by atoms with Crippen molar-refractivity contribution >= 4 is 0 Å². The van der Waals surface area contributed by atoms with E-state index >= 15 is 0 Å². The lowest BCUT2D eigenvalue weighted by Gasteiger charge is -2.25. The first-order valence-corrected chi connectivity index (χ1v) is 5.93. The van der Waals surface area contributed by atoms with Gasteiger partial charge in [-0.15, -0.1) is 0 Å². The molecule has 0 fully saturated rings. The van der Waals surface area contributed by atoms with Crippen molar-refractivity contribution in [1.29, 1.82) is 0 Å². The van der Waals surface area contributed by atoms with E-state index in [-0.39, 0.29) is 12.2 Å². The van der Waals surface area contributed by atoms with E-state index in [9.17, 15) is 0 Å². The molecule has 0 aromatic heterocycles. The summed E-state index contributed by atoms with van der Waals surface area (Å²) in [6.45, 7) is 5.66. The smallest absolute Gasteiger partial charge is 0.0837 e. The van der Waals surface area contributed by atoms with Crippen molar-refractivity contribution in [2.75, 3.05) is 27.4 Å². The first-order valence-electron chi connectivity index (χ1n) is 5.93. The lowest BCUT2D eigenvalue weighted by atomic mass is 10.0. The molecule has 3 nitrogen and oxygen atoms in total. The highest BCUT2D eigenvalue weighted by atomic mass is 16.5. The van der Waals surface area contributed by atoms with Gasteiger partial charge in [0.2, 0.25) is 0 Å². The van der Waals surface area contributed by atoms with Gasteiger partial charge in [0.25, 0.3) is 0 Å². The molecule has 0 aliphatic heterocycles. The van der Waals surface area contributed by atoms with E-state index in [1.165, 1.54) is 0 Å². The Bertz CT molecular complexity index is 128. The molecule has 0 spiro atoms. The summed E-state index contributed by atoms with van der Waals surface area (Å²) in [6, 6.07) is 0. The van der Waals surface area contributed by atoms with Gasteiger partial charge in [-0.25, -0.2) is 0 Å². The predicted molar refractivity (Wildman–Crippen MR) is 62.2 cm³/mol. The average Bonchev–Trinajstić information content (AvgIpc) is 2.25. The summed E-state index contributed by atoms with van der Waals surface area (Å²) in [6.07, 6.45) is 4.83. The van der Waals surface area contributed by atoms with Gasteiger partial charge in [-0.05, 0) is 12.8 Å². The summed E-state index contributed by atoms with van der Waals surface area (Å²) >= 11 is 0. The normalized spacial score (nSPS) is 15.2. The first-order chi connectivity index (χ1) is 7.29. The van der Waals surface area contributed by atoms with E-state index in [0.29, 0.717) is 13.2 Å². The third-order valence-electron chi connectivity index (χ3n) is 2.48. The van der Waals surface area contributed by atoms with E-state index in [2.05, 4.69) is 13.8 Å². The van der Waals surface area contributed by atoms with Crippen LogP contribution in [0.1, 0.15) is 39.5 Å². The fraction of sp³-hybridized carbons (Fsp3) is 1.00. The zero-order chi connectivity index (χ0) is 11.5. The highest BCUT2D eigenvalue weighted by Crippen LogP contribution is 2.14. The van der Waals surface area contributed by atoms with Crippen LogP contribution in [-0.2, 0) is 14.2 Å². The van der Waals surface area contributed by atoms with Gasteiger partial charge in [-0.3, -0.25) is 0 Å². The Balaban J connectivity index is 3.95. The second kappa shape index (κ2) is 10.4. The lowest BCUT2D eigenvalue weighted by molar-refractivity contribution is -0.0737. The molecular weight excluding hydrogens is 192 g/mol. The first kappa shape index (κ1) is 14.9. The molecule has 2 atom stereocenters. The van der Waals surface area contributed by atoms with Gasteiger partial charge in [-0.2, -0.15) is 0 Å². The number of methoxy groups -OCH3 is 2. The summed E-state index contributed by atoms with van der Waals surface area (Å²) in [7, 11) is 3.46. The lowest BCUT2D eigenvalue weighted by Crippen LogP contribution is -2.31. The van der Waals surface area contributed by atoms with Gasteiger partial charge in [0.15, 0.2) is 0 Å². The van der Waals surface area contributed by atoms with Crippen molar-refractivity contribution in [3.8, 4) is 0 Å². The van der Waals surface area contributed by atoms with E-state index in [1.54, 1.807) is 14.2 Å². The standard InChI is InChI=1S/C12H26O3/c1-5-7-11(14-4)12(8-6-2)15-10-9-13-3/h11-12H,5-10H2,1-4H3. The highest BCUT2D eigenvalue weighted by Gasteiger charge is 2.20. The number of ether oxygens (including phenoxy) is 3. The fourth-order valence-corrected chi connectivity index (χ4v) is 1.68. The monoisotopic (exact) mass is 218 g/mol. The van der Waals surface area contributed by atoms with Crippen molar-refractivity contribution in [2.45, 2.75) is 51.7 Å². The Labute approximate surface area is 94.1 Å². The van der Waals surface area contributed by atoms with Crippen LogP contribution in [-0.4, -0.2) is 39.6 Å². The Hall–Kier alpha value is -0.120. The summed E-state index contributed by atoms with van der Waals surface area (Å²) < 4.78 is 16.2. The van der Waals surface area contributed by atoms with Crippen LogP contribution >= 0.6 is 0 Å². The average molecular weight is 218 g/mol. The molecule has 15 heavy (non-hydrogen) atoms. The maximum absolute atomic E-state index is 5.78. The van der Waals surface area contributed by atoms with Gasteiger partial charge in [-0.1, -0.05) is 26.7 Å². The molecule has 0 saturated heterocycles. The van der Waals surface area contributed by atoms with Gasteiger partial charge in [0.05, 0.1) is 25.4 Å². The van der Waals surface area contributed by atoms with Gasteiger partial charge in [0.1, 0.15) is 0 Å². The molecule has 0 aromatic carbocycles. The molecule has 92 valence electrons. The molecule has 0 N–H and O–H groups in total. The fourth-order valence-electron chi connectivity index (χ4n) is 1.68. The van der Waals surface area contributed by atoms with Crippen LogP contribution in [0.2, 0.25) is 0 Å². The minimum atomic E-state index is 0.218. The maximum atomic E-state index is 5.78. The van der Waals surface area contributed by atoms with E-state index in [1.807, 2.05) is 0 Å². The van der Waals surface area contributed by atoms with Gasteiger partial charge >= 0.3 is 0 Å². The topological polar surface area (TPSA) is 27.7 Å². The zero-order valence-electron chi connectivity index (χ0n) is 10.6. The Morgan fingerprint density at radius 2 is 1.47 bits per heavy atom. The number of hydrogen-bond donors (Lipinski definition) is 0. The summed E-state index contributed by atoms with van der Waals surface area (Å²) in [5, 5.41) is 0. The molecule has 3 heteroatoms. The summed E-state index contributed by atoms with van der Waals surface area (Å²) in [5.74, 6) is 0. The molecule has 2 unspecified atom stereocenters. The molecule has 0 saturated carbocycles. The SMILES string of the molecule is CCCC(OC)C(CCC)OCCOC.